The highest BCUT2D eigenvalue weighted by molar-refractivity contribution is 4.99. The lowest BCUT2D eigenvalue weighted by molar-refractivity contribution is 0.682. The van der Waals surface area contributed by atoms with Gasteiger partial charge < -0.3 is 5.32 Å². The van der Waals surface area contributed by atoms with Crippen molar-refractivity contribution < 1.29 is 0 Å². The molecule has 2 saturated carbocycles. The molecule has 0 atom stereocenters. The predicted octanol–water partition coefficient (Wildman–Crippen LogP) is 3.27. The maximum absolute atomic E-state index is 3.54. The maximum Gasteiger partial charge on any atom is 0.00683 e. The van der Waals surface area contributed by atoms with Crippen molar-refractivity contribution in [1.29, 1.82) is 0 Å². The first-order chi connectivity index (χ1) is 6.84. The van der Waals surface area contributed by atoms with E-state index in [4.69, 9.17) is 0 Å². The fraction of sp³-hybridized carbons (Fsp3) is 0.846. The van der Waals surface area contributed by atoms with Crippen molar-refractivity contribution in [2.75, 3.05) is 6.54 Å². The number of allylic oxidation sites excluding steroid dienone is 1. The second kappa shape index (κ2) is 4.97. The largest absolute Gasteiger partial charge is 0.314 e. The van der Waals surface area contributed by atoms with Gasteiger partial charge in [-0.25, -0.2) is 0 Å². The summed E-state index contributed by atoms with van der Waals surface area (Å²) in [5.41, 5.74) is 1.61. The highest BCUT2D eigenvalue weighted by Gasteiger charge is 2.20. The molecule has 0 amide bonds. The van der Waals surface area contributed by atoms with E-state index in [2.05, 4.69) is 18.3 Å². The highest BCUT2D eigenvalue weighted by atomic mass is 14.9. The van der Waals surface area contributed by atoms with E-state index in [-0.39, 0.29) is 0 Å². The van der Waals surface area contributed by atoms with Gasteiger partial charge in [0.2, 0.25) is 0 Å². The van der Waals surface area contributed by atoms with Crippen molar-refractivity contribution in [3.63, 3.8) is 0 Å². The summed E-state index contributed by atoms with van der Waals surface area (Å²) in [7, 11) is 0. The minimum Gasteiger partial charge on any atom is -0.314 e. The molecule has 2 fully saturated rings. The van der Waals surface area contributed by atoms with E-state index in [0.717, 1.165) is 12.0 Å². The van der Waals surface area contributed by atoms with Crippen LogP contribution >= 0.6 is 0 Å². The van der Waals surface area contributed by atoms with Crippen molar-refractivity contribution in [2.45, 2.75) is 57.9 Å². The van der Waals surface area contributed by atoms with Gasteiger partial charge in [-0.05, 0) is 51.5 Å². The van der Waals surface area contributed by atoms with Crippen LogP contribution in [0.15, 0.2) is 11.6 Å². The third-order valence-electron chi connectivity index (χ3n) is 3.29. The van der Waals surface area contributed by atoms with Crippen LogP contribution < -0.4 is 5.32 Å². The van der Waals surface area contributed by atoms with Gasteiger partial charge in [0.25, 0.3) is 0 Å². The number of nitrogens with one attached hydrogen (secondary N) is 1. The lowest BCUT2D eigenvalue weighted by atomic mass is 10.1. The lowest BCUT2D eigenvalue weighted by Crippen LogP contribution is -2.16. The quantitative estimate of drug-likeness (QED) is 0.483. The summed E-state index contributed by atoms with van der Waals surface area (Å²) in [5.74, 6) is 1.09. The Morgan fingerprint density at radius 1 is 1.29 bits per heavy atom. The first-order valence-corrected chi connectivity index (χ1v) is 6.23. The van der Waals surface area contributed by atoms with Gasteiger partial charge in [0.05, 0.1) is 0 Å². The van der Waals surface area contributed by atoms with Gasteiger partial charge in [-0.2, -0.15) is 0 Å². The van der Waals surface area contributed by atoms with Crippen molar-refractivity contribution in [2.24, 2.45) is 5.92 Å². The lowest BCUT2D eigenvalue weighted by Gasteiger charge is -2.01. The molecule has 80 valence electrons. The van der Waals surface area contributed by atoms with E-state index < -0.39 is 0 Å². The smallest absolute Gasteiger partial charge is 0.00683 e. The van der Waals surface area contributed by atoms with Crippen LogP contribution in [-0.2, 0) is 0 Å². The van der Waals surface area contributed by atoms with Gasteiger partial charge in [0.1, 0.15) is 0 Å². The van der Waals surface area contributed by atoms with E-state index in [1.807, 2.05) is 0 Å². The normalized spacial score (nSPS) is 22.8. The van der Waals surface area contributed by atoms with Crippen LogP contribution in [0.1, 0.15) is 51.9 Å². The third-order valence-corrected chi connectivity index (χ3v) is 3.29. The molecule has 1 heteroatoms. The van der Waals surface area contributed by atoms with Crippen LogP contribution in [0.25, 0.3) is 0 Å². The van der Waals surface area contributed by atoms with Gasteiger partial charge in [-0.3, -0.25) is 0 Å². The molecular formula is C13H23N. The number of hydrogen-bond acceptors (Lipinski definition) is 1. The molecule has 14 heavy (non-hydrogen) atoms. The van der Waals surface area contributed by atoms with Crippen molar-refractivity contribution >= 4 is 0 Å². The Labute approximate surface area is 88.0 Å². The molecule has 0 spiro atoms. The van der Waals surface area contributed by atoms with Crippen LogP contribution in [0.3, 0.4) is 0 Å². The molecule has 0 heterocycles. The van der Waals surface area contributed by atoms with Crippen LogP contribution in [0.5, 0.6) is 0 Å². The number of rotatable bonds is 7. The van der Waals surface area contributed by atoms with Crippen LogP contribution in [-0.4, -0.2) is 12.6 Å². The molecule has 0 aromatic rings. The molecule has 0 aromatic heterocycles. The van der Waals surface area contributed by atoms with Gasteiger partial charge in [-0.1, -0.05) is 24.5 Å². The summed E-state index contributed by atoms with van der Waals surface area (Å²) in [4.78, 5) is 0. The summed E-state index contributed by atoms with van der Waals surface area (Å²) in [6, 6.07) is 0.871. The topological polar surface area (TPSA) is 12.0 Å². The Morgan fingerprint density at radius 3 is 2.71 bits per heavy atom. The fourth-order valence-corrected chi connectivity index (χ4v) is 1.83. The highest BCUT2D eigenvalue weighted by Crippen LogP contribution is 2.34. The van der Waals surface area contributed by atoms with E-state index in [0.29, 0.717) is 0 Å². The average Bonchev–Trinajstić information content (AvgIpc) is 3.02. The summed E-state index contributed by atoms with van der Waals surface area (Å²) < 4.78 is 0. The van der Waals surface area contributed by atoms with Crippen molar-refractivity contribution in [3.8, 4) is 0 Å². The molecule has 1 nitrogen and oxygen atoms in total. The van der Waals surface area contributed by atoms with E-state index in [1.54, 1.807) is 5.57 Å². The Bertz CT molecular complexity index is 199. The molecule has 2 aliphatic rings. The predicted molar refractivity (Wildman–Crippen MR) is 61.4 cm³/mol. The van der Waals surface area contributed by atoms with Crippen molar-refractivity contribution in [1.82, 2.24) is 5.32 Å². The first kappa shape index (κ1) is 10.2. The molecule has 0 saturated heterocycles. The van der Waals surface area contributed by atoms with E-state index in [9.17, 15) is 0 Å². The third kappa shape index (κ3) is 4.28. The average molecular weight is 193 g/mol. The monoisotopic (exact) mass is 193 g/mol. The maximum atomic E-state index is 3.54. The van der Waals surface area contributed by atoms with Gasteiger partial charge >= 0.3 is 0 Å². The summed E-state index contributed by atoms with van der Waals surface area (Å²) in [6.45, 7) is 3.48. The molecule has 0 unspecified atom stereocenters. The van der Waals surface area contributed by atoms with E-state index in [1.165, 1.54) is 51.5 Å². The molecular weight excluding hydrogens is 170 g/mol. The summed E-state index contributed by atoms with van der Waals surface area (Å²) in [6.07, 6.45) is 12.2. The Balaban J connectivity index is 1.48. The zero-order chi connectivity index (χ0) is 9.80. The Morgan fingerprint density at radius 2 is 2.07 bits per heavy atom. The zero-order valence-electron chi connectivity index (χ0n) is 9.39. The second-order valence-electron chi connectivity index (χ2n) is 5.05. The van der Waals surface area contributed by atoms with E-state index >= 15 is 0 Å². The van der Waals surface area contributed by atoms with Gasteiger partial charge in [0, 0.05) is 6.04 Å². The van der Waals surface area contributed by atoms with Gasteiger partial charge in [0.15, 0.2) is 0 Å². The van der Waals surface area contributed by atoms with Gasteiger partial charge in [-0.15, -0.1) is 0 Å². The summed E-state index contributed by atoms with van der Waals surface area (Å²) in [5, 5.41) is 3.54. The molecule has 0 aromatic carbocycles. The van der Waals surface area contributed by atoms with Crippen LogP contribution in [0.2, 0.25) is 0 Å². The molecule has 0 bridgehead atoms. The SMILES string of the molecule is CC(=CCCNC1CC1)CCC1CC1. The standard InChI is InChI=1S/C13H23N/c1-11(4-5-12-6-7-12)3-2-10-14-13-8-9-13/h3,12-14H,2,4-10H2,1H3. The Kier molecular flexibility index (Phi) is 3.63. The fourth-order valence-electron chi connectivity index (χ4n) is 1.83. The Hall–Kier alpha value is -0.300. The molecule has 0 radical (unpaired) electrons. The van der Waals surface area contributed by atoms with Crippen LogP contribution in [0, 0.1) is 5.92 Å². The second-order valence-corrected chi connectivity index (χ2v) is 5.05. The van der Waals surface area contributed by atoms with Crippen molar-refractivity contribution in [3.05, 3.63) is 11.6 Å². The molecule has 2 aliphatic carbocycles. The molecule has 0 aliphatic heterocycles. The van der Waals surface area contributed by atoms with Crippen LogP contribution in [0.4, 0.5) is 0 Å². The zero-order valence-corrected chi connectivity index (χ0v) is 9.39. The minimum atomic E-state index is 0.871. The number of hydrogen-bond donors (Lipinski definition) is 1. The minimum absolute atomic E-state index is 0.871. The molecule has 2 rings (SSSR count). The summed E-state index contributed by atoms with van der Waals surface area (Å²) >= 11 is 0. The molecule has 1 N–H and O–H groups in total. The first-order valence-electron chi connectivity index (χ1n) is 6.23.